The van der Waals surface area contributed by atoms with Gasteiger partial charge in [-0.3, -0.25) is 43.6 Å². The lowest BCUT2D eigenvalue weighted by molar-refractivity contribution is -0.162. The van der Waals surface area contributed by atoms with Crippen LogP contribution >= 0.6 is 0 Å². The molecular formula is C49H66N6O10. The number of hydrogen-bond acceptors (Lipinski definition) is 13. The number of carbonyl (C=O) groups excluding carboxylic acids is 2. The molecule has 0 aliphatic carbocycles. The van der Waals surface area contributed by atoms with Crippen molar-refractivity contribution in [3.05, 3.63) is 140 Å². The predicted octanol–water partition coefficient (Wildman–Crippen LogP) is 4.11. The van der Waals surface area contributed by atoms with Gasteiger partial charge in [-0.2, -0.15) is 0 Å². The summed E-state index contributed by atoms with van der Waals surface area (Å²) in [4.78, 5) is 86.5. The Hall–Kier alpha value is -5.81. The minimum absolute atomic E-state index is 0.0189. The van der Waals surface area contributed by atoms with Crippen molar-refractivity contribution in [2.75, 3.05) is 58.9 Å². The summed E-state index contributed by atoms with van der Waals surface area (Å²) in [5, 5.41) is 9.81. The largest absolute Gasteiger partial charge is 0.481 e. The third-order valence-electron chi connectivity index (χ3n) is 10.6. The summed E-state index contributed by atoms with van der Waals surface area (Å²) in [5.41, 5.74) is 0.839. The Bertz CT molecular complexity index is 2130. The van der Waals surface area contributed by atoms with E-state index < -0.39 is 29.2 Å². The number of aromatic nitrogens is 2. The molecule has 0 radical (unpaired) electrons. The Balaban J connectivity index is 1.49. The molecule has 5 rings (SSSR count). The van der Waals surface area contributed by atoms with Gasteiger partial charge in [0.2, 0.25) is 0 Å². The zero-order valence-corrected chi connectivity index (χ0v) is 38.7. The van der Waals surface area contributed by atoms with Gasteiger partial charge in [-0.25, -0.2) is 0 Å². The molecular weight excluding hydrogens is 833 g/mol. The number of carboxylic acid groups (broad SMARTS) is 1. The van der Waals surface area contributed by atoms with Gasteiger partial charge in [0.15, 0.2) is 0 Å². The molecule has 2 aromatic heterocycles. The highest BCUT2D eigenvalue weighted by Gasteiger charge is 2.32. The van der Waals surface area contributed by atoms with Crippen molar-refractivity contribution in [3.63, 3.8) is 0 Å². The maximum Gasteiger partial charge on any atom is 0.323 e. The monoisotopic (exact) mass is 898 g/mol. The highest BCUT2D eigenvalue weighted by molar-refractivity contribution is 5.77. The Kier molecular flexibility index (Phi) is 18.5. The lowest BCUT2D eigenvalue weighted by Gasteiger charge is -2.37. The smallest absolute Gasteiger partial charge is 0.323 e. The van der Waals surface area contributed by atoms with Gasteiger partial charge < -0.3 is 24.3 Å². The molecule has 0 saturated carbocycles. The van der Waals surface area contributed by atoms with Crippen molar-refractivity contribution in [1.82, 2.24) is 29.1 Å². The fourth-order valence-corrected chi connectivity index (χ4v) is 7.42. The number of hydrogen-bond donors (Lipinski definition) is 1. The van der Waals surface area contributed by atoms with Gasteiger partial charge in [0.25, 0.3) is 11.1 Å². The molecule has 65 heavy (non-hydrogen) atoms. The normalized spacial score (nSPS) is 15.8. The molecule has 1 aliphatic rings. The van der Waals surface area contributed by atoms with Crippen LogP contribution in [-0.4, -0.2) is 128 Å². The summed E-state index contributed by atoms with van der Waals surface area (Å²) >= 11 is 0. The van der Waals surface area contributed by atoms with E-state index in [1.807, 2.05) is 103 Å². The first-order valence-corrected chi connectivity index (χ1v) is 22.3. The van der Waals surface area contributed by atoms with E-state index >= 15 is 0 Å². The molecule has 4 aromatic rings. The molecule has 3 heterocycles. The zero-order chi connectivity index (χ0) is 47.0. The van der Waals surface area contributed by atoms with Gasteiger partial charge in [0, 0.05) is 84.0 Å². The van der Waals surface area contributed by atoms with Crippen molar-refractivity contribution < 1.29 is 38.6 Å². The summed E-state index contributed by atoms with van der Waals surface area (Å²) in [6.07, 6.45) is -0.234. The van der Waals surface area contributed by atoms with Crippen LogP contribution in [0.1, 0.15) is 76.9 Å². The number of carbonyl (C=O) groups is 3. The molecule has 0 bridgehead atoms. The Labute approximate surface area is 381 Å². The van der Waals surface area contributed by atoms with Crippen LogP contribution in [0.4, 0.5) is 0 Å². The molecule has 1 N–H and O–H groups in total. The van der Waals surface area contributed by atoms with Crippen molar-refractivity contribution in [2.24, 2.45) is 0 Å². The van der Waals surface area contributed by atoms with E-state index in [-0.39, 0.29) is 62.8 Å². The van der Waals surface area contributed by atoms with Crippen molar-refractivity contribution >= 4 is 17.9 Å². The minimum Gasteiger partial charge on any atom is -0.481 e. The van der Waals surface area contributed by atoms with Crippen LogP contribution in [0, 0.1) is 0 Å². The third kappa shape index (κ3) is 17.3. The van der Waals surface area contributed by atoms with Crippen LogP contribution < -0.4 is 20.8 Å². The van der Waals surface area contributed by atoms with Crippen molar-refractivity contribution in [2.45, 2.75) is 97.9 Å². The lowest BCUT2D eigenvalue weighted by Crippen LogP contribution is -2.52. The van der Waals surface area contributed by atoms with Crippen LogP contribution in [0.25, 0.3) is 0 Å². The van der Waals surface area contributed by atoms with Gasteiger partial charge in [-0.15, -0.1) is 9.46 Å². The first-order valence-electron chi connectivity index (χ1n) is 22.3. The van der Waals surface area contributed by atoms with Crippen molar-refractivity contribution in [1.29, 1.82) is 0 Å². The Morgan fingerprint density at radius 2 is 1.00 bits per heavy atom. The van der Waals surface area contributed by atoms with Crippen molar-refractivity contribution in [3.8, 4) is 0 Å². The number of carboxylic acids is 1. The van der Waals surface area contributed by atoms with E-state index in [2.05, 4.69) is 9.80 Å². The second kappa shape index (κ2) is 23.9. The fraction of sp³-hybridized carbons (Fsp3) is 0.490. The molecule has 0 unspecified atom stereocenters. The number of rotatable bonds is 17. The van der Waals surface area contributed by atoms with Crippen LogP contribution in [0.5, 0.6) is 0 Å². The maximum atomic E-state index is 14.0. The third-order valence-corrected chi connectivity index (χ3v) is 10.6. The quantitative estimate of drug-likeness (QED) is 0.151. The maximum absolute atomic E-state index is 14.0. The van der Waals surface area contributed by atoms with Gasteiger partial charge >= 0.3 is 17.9 Å². The Morgan fingerprint density at radius 1 is 0.569 bits per heavy atom. The van der Waals surface area contributed by atoms with Gasteiger partial charge in [-0.1, -0.05) is 72.8 Å². The minimum atomic E-state index is -1.03. The second-order valence-electron chi connectivity index (χ2n) is 18.3. The van der Waals surface area contributed by atoms with E-state index in [9.17, 15) is 29.1 Å². The highest BCUT2D eigenvalue weighted by Crippen LogP contribution is 2.18. The molecule has 1 saturated heterocycles. The average molecular weight is 899 g/mol. The van der Waals surface area contributed by atoms with Crippen LogP contribution in [0.2, 0.25) is 0 Å². The lowest BCUT2D eigenvalue weighted by atomic mass is 10.1. The average Bonchev–Trinajstić information content (AvgIpc) is 3.23. The van der Waals surface area contributed by atoms with E-state index in [1.54, 1.807) is 32.9 Å². The van der Waals surface area contributed by atoms with Gasteiger partial charge in [0.1, 0.15) is 30.5 Å². The molecule has 16 nitrogen and oxygen atoms in total. The van der Waals surface area contributed by atoms with Crippen LogP contribution in [-0.2, 0) is 50.2 Å². The summed E-state index contributed by atoms with van der Waals surface area (Å²) in [6, 6.07) is 28.2. The highest BCUT2D eigenvalue weighted by atomic mass is 16.7. The van der Waals surface area contributed by atoms with Crippen LogP contribution in [0.3, 0.4) is 0 Å². The number of ether oxygens (including phenoxy) is 2. The first-order chi connectivity index (χ1) is 30.9. The van der Waals surface area contributed by atoms with E-state index in [1.165, 1.54) is 21.6 Å². The SMILES string of the molecule is CC(C)(C)OC(=O)CN1CCN(Cc2cccc(=O)n2OCc2ccccc2)CCN([C@@H](CCC(=O)O)C(=O)OC(C)(C)C)CCN(Cc2cccc(=O)n2OCc2ccccc2)CC1. The standard InChI is InChI=1S/C49H66N6O10/c1-48(2,3)64-46(60)35-52-27-25-50(33-40-19-13-21-43(56)54(40)62-36-38-15-9-7-10-16-38)29-31-53(42(23-24-45(58)59)47(61)65-49(4,5)6)32-30-51(26-28-52)34-41-20-14-22-44(57)55(41)63-37-39-17-11-8-12-18-39/h7-22,42H,23-37H2,1-6H3,(H,58,59)/t42-/m0/s1. The molecule has 1 aliphatic heterocycles. The summed E-state index contributed by atoms with van der Waals surface area (Å²) < 4.78 is 14.3. The number of pyridine rings is 2. The van der Waals surface area contributed by atoms with Gasteiger partial charge in [-0.05, 0) is 71.2 Å². The fourth-order valence-electron chi connectivity index (χ4n) is 7.42. The first kappa shape index (κ1) is 50.2. The molecule has 1 atom stereocenters. The molecule has 0 spiro atoms. The molecule has 0 amide bonds. The second-order valence-corrected chi connectivity index (χ2v) is 18.3. The Morgan fingerprint density at radius 3 is 1.43 bits per heavy atom. The number of nitrogens with zero attached hydrogens (tertiary/aromatic N) is 6. The van der Waals surface area contributed by atoms with E-state index in [4.69, 9.17) is 19.1 Å². The van der Waals surface area contributed by atoms with E-state index in [0.29, 0.717) is 63.7 Å². The molecule has 2 aromatic carbocycles. The summed E-state index contributed by atoms with van der Waals surface area (Å²) in [7, 11) is 0. The number of esters is 2. The molecule has 16 heteroatoms. The zero-order valence-electron chi connectivity index (χ0n) is 38.7. The molecule has 352 valence electrons. The number of aliphatic carboxylic acids is 1. The van der Waals surface area contributed by atoms with E-state index in [0.717, 1.165) is 11.1 Å². The van der Waals surface area contributed by atoms with Gasteiger partial charge in [0.05, 0.1) is 17.9 Å². The topological polar surface area (TPSA) is 165 Å². The summed E-state index contributed by atoms with van der Waals surface area (Å²) in [5.74, 6) is -1.92. The summed E-state index contributed by atoms with van der Waals surface area (Å²) in [6.45, 7) is 14.9. The molecule has 1 fully saturated rings. The predicted molar refractivity (Wildman–Crippen MR) is 246 cm³/mol. The van der Waals surface area contributed by atoms with Crippen LogP contribution in [0.15, 0.2) is 107 Å². The number of benzene rings is 2.